The smallest absolute Gasteiger partial charge is 0.282 e. The number of ether oxygens (including phenoxy) is 1. The van der Waals surface area contributed by atoms with Crippen molar-refractivity contribution in [1.82, 2.24) is 9.66 Å². The Morgan fingerprint density at radius 1 is 1.03 bits per heavy atom. The van der Waals surface area contributed by atoms with Gasteiger partial charge in [-0.2, -0.15) is 9.78 Å². The second kappa shape index (κ2) is 11.7. The number of rotatable bonds is 6. The van der Waals surface area contributed by atoms with Gasteiger partial charge in [0.05, 0.1) is 26.1 Å². The normalized spacial score (nSPS) is 14.5. The van der Waals surface area contributed by atoms with Gasteiger partial charge < -0.3 is 4.74 Å². The van der Waals surface area contributed by atoms with Crippen molar-refractivity contribution >= 4 is 72.2 Å². The van der Waals surface area contributed by atoms with E-state index in [0.717, 1.165) is 51.6 Å². The van der Waals surface area contributed by atoms with Gasteiger partial charge in [-0.1, -0.05) is 60.7 Å². The summed E-state index contributed by atoms with van der Waals surface area (Å²) < 4.78 is 8.99. The van der Waals surface area contributed by atoms with Crippen molar-refractivity contribution in [3.8, 4) is 5.75 Å². The molecule has 1 saturated carbocycles. The van der Waals surface area contributed by atoms with E-state index in [1.807, 2.05) is 36.4 Å². The van der Waals surface area contributed by atoms with Gasteiger partial charge in [-0.15, -0.1) is 0 Å². The molecule has 0 aliphatic heterocycles. The number of benzene rings is 3. The molecule has 0 amide bonds. The van der Waals surface area contributed by atoms with E-state index in [4.69, 9.17) is 32.9 Å². The molecule has 9 heteroatoms. The summed E-state index contributed by atoms with van der Waals surface area (Å²) in [4.78, 5) is 18.3. The second-order valence-corrected chi connectivity index (χ2v) is 11.6. The quantitative estimate of drug-likeness (QED) is 0.194. The van der Waals surface area contributed by atoms with Crippen LogP contribution in [0.15, 0.2) is 73.4 Å². The Bertz CT molecular complexity index is 1530. The number of aromatic nitrogens is 2. The van der Waals surface area contributed by atoms with Crippen LogP contribution in [-0.4, -0.2) is 15.9 Å². The molecule has 0 radical (unpaired) electrons. The van der Waals surface area contributed by atoms with Crippen molar-refractivity contribution in [2.45, 2.75) is 44.6 Å². The maximum Gasteiger partial charge on any atom is 0.282 e. The molecule has 1 aromatic heterocycles. The molecular weight excluding hydrogens is 641 g/mol. The Morgan fingerprint density at radius 2 is 1.76 bits per heavy atom. The van der Waals surface area contributed by atoms with Crippen LogP contribution in [-0.2, 0) is 6.61 Å². The Kier molecular flexibility index (Phi) is 8.34. The van der Waals surface area contributed by atoms with E-state index < -0.39 is 0 Å². The molecule has 190 valence electrons. The van der Waals surface area contributed by atoms with Crippen molar-refractivity contribution in [1.29, 1.82) is 0 Å². The third kappa shape index (κ3) is 5.95. The molecule has 1 aliphatic rings. The van der Waals surface area contributed by atoms with Crippen molar-refractivity contribution in [2.24, 2.45) is 5.10 Å². The summed E-state index contributed by atoms with van der Waals surface area (Å²) in [6, 6.07) is 16.6. The van der Waals surface area contributed by atoms with E-state index in [9.17, 15) is 4.79 Å². The minimum atomic E-state index is -0.152. The summed E-state index contributed by atoms with van der Waals surface area (Å²) in [7, 11) is 0. The summed E-state index contributed by atoms with van der Waals surface area (Å²) in [5, 5.41) is 6.32. The standard InChI is InChI=1S/C28H23Br2Cl2N3O2/c29-22-12-17(13-23(30)26(22)37-16-19-10-11-20(31)14-24(19)32)15-33-35-27(18-6-2-1-3-7-18)34-25-9-5-4-8-21(25)28(35)36/h4-5,8-15,18H,1-3,6-7,16H2. The van der Waals surface area contributed by atoms with E-state index in [-0.39, 0.29) is 18.1 Å². The van der Waals surface area contributed by atoms with E-state index in [2.05, 4.69) is 37.0 Å². The number of nitrogens with zero attached hydrogens (tertiary/aromatic N) is 3. The monoisotopic (exact) mass is 661 g/mol. The van der Waals surface area contributed by atoms with Gasteiger partial charge in [0.15, 0.2) is 0 Å². The number of hydrogen-bond acceptors (Lipinski definition) is 4. The molecule has 0 unspecified atom stereocenters. The van der Waals surface area contributed by atoms with Crippen LogP contribution in [0.1, 0.15) is 55.0 Å². The van der Waals surface area contributed by atoms with Crippen LogP contribution in [0.3, 0.4) is 0 Å². The number of halogens is 4. The molecule has 0 atom stereocenters. The molecule has 4 aromatic rings. The van der Waals surface area contributed by atoms with Gasteiger partial charge >= 0.3 is 0 Å². The number of fused-ring (bicyclic) bond motifs is 1. The van der Waals surface area contributed by atoms with Gasteiger partial charge in [-0.3, -0.25) is 4.79 Å². The highest BCUT2D eigenvalue weighted by atomic mass is 79.9. The molecule has 1 fully saturated rings. The fraction of sp³-hybridized carbons (Fsp3) is 0.250. The van der Waals surface area contributed by atoms with Crippen LogP contribution >= 0.6 is 55.1 Å². The van der Waals surface area contributed by atoms with Gasteiger partial charge in [-0.05, 0) is 86.7 Å². The first-order valence-corrected chi connectivity index (χ1v) is 14.4. The fourth-order valence-electron chi connectivity index (χ4n) is 4.58. The van der Waals surface area contributed by atoms with Crippen LogP contribution in [0.2, 0.25) is 10.0 Å². The maximum atomic E-state index is 13.4. The summed E-state index contributed by atoms with van der Waals surface area (Å²) >= 11 is 19.5. The fourth-order valence-corrected chi connectivity index (χ4v) is 6.50. The van der Waals surface area contributed by atoms with Gasteiger partial charge in [0.1, 0.15) is 18.2 Å². The zero-order valence-electron chi connectivity index (χ0n) is 19.8. The minimum Gasteiger partial charge on any atom is -0.486 e. The van der Waals surface area contributed by atoms with E-state index in [0.29, 0.717) is 26.7 Å². The SMILES string of the molecule is O=c1c2ccccc2nc(C2CCCCC2)n1N=Cc1cc(Br)c(OCc2ccc(Cl)cc2Cl)c(Br)c1. The van der Waals surface area contributed by atoms with Gasteiger partial charge in [0.2, 0.25) is 0 Å². The lowest BCUT2D eigenvalue weighted by Gasteiger charge is -2.22. The van der Waals surface area contributed by atoms with Gasteiger partial charge in [0, 0.05) is 21.5 Å². The average Bonchev–Trinajstić information content (AvgIpc) is 2.89. The molecule has 0 saturated heterocycles. The first-order valence-electron chi connectivity index (χ1n) is 12.0. The third-order valence-electron chi connectivity index (χ3n) is 6.48. The molecule has 5 nitrogen and oxygen atoms in total. The lowest BCUT2D eigenvalue weighted by atomic mass is 9.88. The Labute approximate surface area is 241 Å². The molecule has 1 heterocycles. The Balaban J connectivity index is 1.45. The van der Waals surface area contributed by atoms with Crippen LogP contribution in [0.4, 0.5) is 0 Å². The largest absolute Gasteiger partial charge is 0.486 e. The predicted octanol–water partition coefficient (Wildman–Crippen LogP) is 8.74. The van der Waals surface area contributed by atoms with E-state index in [1.54, 1.807) is 24.4 Å². The lowest BCUT2D eigenvalue weighted by molar-refractivity contribution is 0.302. The van der Waals surface area contributed by atoms with Crippen molar-refractivity contribution in [3.63, 3.8) is 0 Å². The first kappa shape index (κ1) is 26.4. The van der Waals surface area contributed by atoms with Crippen LogP contribution in [0, 0.1) is 0 Å². The summed E-state index contributed by atoms with van der Waals surface area (Å²) in [6.45, 7) is 0.281. The van der Waals surface area contributed by atoms with E-state index >= 15 is 0 Å². The molecule has 1 aliphatic carbocycles. The van der Waals surface area contributed by atoms with Crippen LogP contribution < -0.4 is 10.3 Å². The molecule has 3 aromatic carbocycles. The van der Waals surface area contributed by atoms with Crippen molar-refractivity contribution < 1.29 is 4.74 Å². The zero-order valence-corrected chi connectivity index (χ0v) is 24.4. The summed E-state index contributed by atoms with van der Waals surface area (Å²) in [5.74, 6) is 1.59. The van der Waals surface area contributed by atoms with Crippen LogP contribution in [0.25, 0.3) is 10.9 Å². The molecule has 0 N–H and O–H groups in total. The number of para-hydroxylation sites is 1. The Hall–Kier alpha value is -2.19. The topological polar surface area (TPSA) is 56.5 Å². The molecule has 0 bridgehead atoms. The molecular formula is C28H23Br2Cl2N3O2. The predicted molar refractivity (Wildman–Crippen MR) is 157 cm³/mol. The highest BCUT2D eigenvalue weighted by molar-refractivity contribution is 9.11. The Morgan fingerprint density at radius 3 is 2.49 bits per heavy atom. The summed E-state index contributed by atoms with van der Waals surface area (Å²) in [6.07, 6.45) is 7.21. The highest BCUT2D eigenvalue weighted by Gasteiger charge is 2.22. The lowest BCUT2D eigenvalue weighted by Crippen LogP contribution is -2.25. The average molecular weight is 664 g/mol. The highest BCUT2D eigenvalue weighted by Crippen LogP contribution is 2.36. The van der Waals surface area contributed by atoms with Gasteiger partial charge in [0.25, 0.3) is 5.56 Å². The zero-order chi connectivity index (χ0) is 25.9. The van der Waals surface area contributed by atoms with E-state index in [1.165, 1.54) is 11.1 Å². The maximum absolute atomic E-state index is 13.4. The first-order chi connectivity index (χ1) is 17.9. The van der Waals surface area contributed by atoms with Crippen molar-refractivity contribution in [2.75, 3.05) is 0 Å². The second-order valence-electron chi connectivity index (χ2n) is 9.02. The van der Waals surface area contributed by atoms with Crippen molar-refractivity contribution in [3.05, 3.63) is 101 Å². The third-order valence-corrected chi connectivity index (χ3v) is 8.24. The summed E-state index contributed by atoms with van der Waals surface area (Å²) in [5.41, 5.74) is 2.19. The number of hydrogen-bond donors (Lipinski definition) is 0. The minimum absolute atomic E-state index is 0.152. The van der Waals surface area contributed by atoms with Gasteiger partial charge in [-0.25, -0.2) is 4.98 Å². The molecule has 0 spiro atoms. The van der Waals surface area contributed by atoms with Crippen LogP contribution in [0.5, 0.6) is 5.75 Å². The molecule has 37 heavy (non-hydrogen) atoms. The molecule has 5 rings (SSSR count).